The van der Waals surface area contributed by atoms with Crippen LogP contribution in [-0.4, -0.2) is 21.8 Å². The molecule has 14 rings (SSSR count). The average Bonchev–Trinajstić information content (AvgIpc) is 4.08. The topological polar surface area (TPSA) is 14.8 Å². The van der Waals surface area contributed by atoms with Gasteiger partial charge < -0.3 is 13.7 Å². The van der Waals surface area contributed by atoms with Gasteiger partial charge in [-0.15, -0.1) is 0 Å². The van der Waals surface area contributed by atoms with Crippen LogP contribution in [0.5, 0.6) is 0 Å². The Kier molecular flexibility index (Phi) is 9.23. The number of nitrogens with zero attached hydrogens (tertiary/aromatic N) is 3. The number of hydrogen-bond acceptors (Lipinski definition) is 0. The molecule has 3 aromatic heterocycles. The van der Waals surface area contributed by atoms with E-state index >= 15 is 0 Å². The summed E-state index contributed by atoms with van der Waals surface area (Å²) in [4.78, 5) is 0. The predicted molar refractivity (Wildman–Crippen MR) is 299 cm³/mol. The lowest BCUT2D eigenvalue weighted by Crippen LogP contribution is -2.75. The molecule has 14 aromatic rings. The molecule has 4 heteroatoms. The quantitative estimate of drug-likeness (QED) is 0.107. The first kappa shape index (κ1) is 40.1. The van der Waals surface area contributed by atoms with E-state index in [0.717, 1.165) is 11.4 Å². The molecule has 0 spiro atoms. The molecule has 0 fully saturated rings. The summed E-state index contributed by atoms with van der Waals surface area (Å²) in [5.74, 6) is 0. The van der Waals surface area contributed by atoms with Gasteiger partial charge in [-0.25, -0.2) is 0 Å². The fraction of sp³-hybridized carbons (Fsp3) is 0. The molecule has 0 radical (unpaired) electrons. The van der Waals surface area contributed by atoms with E-state index < -0.39 is 8.07 Å². The molecule has 0 saturated heterocycles. The summed E-state index contributed by atoms with van der Waals surface area (Å²) in [5, 5.41) is 12.8. The molecule has 3 heterocycles. The van der Waals surface area contributed by atoms with Crippen LogP contribution >= 0.6 is 0 Å². The summed E-state index contributed by atoms with van der Waals surface area (Å²) in [6, 6.07) is 102. The van der Waals surface area contributed by atoms with Gasteiger partial charge in [-0.2, -0.15) is 0 Å². The normalized spacial score (nSPS) is 12.0. The molecule has 0 aliphatic carbocycles. The van der Waals surface area contributed by atoms with E-state index in [1.165, 1.54) is 103 Å². The van der Waals surface area contributed by atoms with Gasteiger partial charge in [0.05, 0.1) is 33.1 Å². The molecule has 0 unspecified atom stereocenters. The highest BCUT2D eigenvalue weighted by atomic mass is 28.3. The van der Waals surface area contributed by atoms with Crippen LogP contribution in [-0.2, 0) is 0 Å². The van der Waals surface area contributed by atoms with Gasteiger partial charge in [0.15, 0.2) is 8.07 Å². The minimum atomic E-state index is -3.23. The van der Waals surface area contributed by atoms with E-state index in [2.05, 4.69) is 287 Å². The zero-order valence-corrected chi connectivity index (χ0v) is 39.3. The molecule has 11 aromatic carbocycles. The van der Waals surface area contributed by atoms with Crippen molar-refractivity contribution in [1.82, 2.24) is 13.7 Å². The first-order chi connectivity index (χ1) is 34.8. The third-order valence-electron chi connectivity index (χ3n) is 14.8. The molecule has 0 bridgehead atoms. The van der Waals surface area contributed by atoms with Crippen molar-refractivity contribution in [2.75, 3.05) is 0 Å². The zero-order valence-electron chi connectivity index (χ0n) is 38.3. The highest BCUT2D eigenvalue weighted by Gasteiger charge is 2.45. The van der Waals surface area contributed by atoms with Gasteiger partial charge in [0.2, 0.25) is 0 Å². The second-order valence-corrected chi connectivity index (χ2v) is 22.1. The summed E-state index contributed by atoms with van der Waals surface area (Å²) in [7, 11) is -3.23. The van der Waals surface area contributed by atoms with Crippen LogP contribution in [0.2, 0.25) is 0 Å². The average molecular weight is 908 g/mol. The first-order valence-electron chi connectivity index (χ1n) is 24.2. The fourth-order valence-electron chi connectivity index (χ4n) is 11.9. The number of para-hydroxylation sites is 4. The highest BCUT2D eigenvalue weighted by Crippen LogP contribution is 2.40. The monoisotopic (exact) mass is 907 g/mol. The third-order valence-corrected chi connectivity index (χ3v) is 19.6. The van der Waals surface area contributed by atoms with Crippen LogP contribution in [0.15, 0.2) is 273 Å². The molecule has 0 aliphatic heterocycles. The van der Waals surface area contributed by atoms with Gasteiger partial charge >= 0.3 is 0 Å². The van der Waals surface area contributed by atoms with Crippen LogP contribution in [0.1, 0.15) is 0 Å². The minimum Gasteiger partial charge on any atom is -0.309 e. The van der Waals surface area contributed by atoms with E-state index in [-0.39, 0.29) is 0 Å². The Morgan fingerprint density at radius 1 is 0.243 bits per heavy atom. The van der Waals surface area contributed by atoms with Gasteiger partial charge in [-0.05, 0) is 92.5 Å². The van der Waals surface area contributed by atoms with Crippen LogP contribution in [0.4, 0.5) is 0 Å². The Morgan fingerprint density at radius 2 is 0.629 bits per heavy atom. The number of aromatic nitrogens is 3. The zero-order chi connectivity index (χ0) is 46.2. The molecular weight excluding hydrogens is 863 g/mol. The minimum absolute atomic E-state index is 1.12. The van der Waals surface area contributed by atoms with Gasteiger partial charge in [0.1, 0.15) is 0 Å². The van der Waals surface area contributed by atoms with Gasteiger partial charge in [0, 0.05) is 49.4 Å². The number of benzene rings is 11. The summed E-state index contributed by atoms with van der Waals surface area (Å²) < 4.78 is 7.54. The molecule has 328 valence electrons. The standard InChI is InChI=1S/C66H45N3Si/c1-5-21-46(22-6-1)47-37-39-48(40-38-47)67-58-33-17-13-31-55(58)56-42-41-49(45-64(56)67)68-61-36-20-16-32-57(61)65-62(68)43-44-63(69-59-34-18-14-29-53(59)54-30-15-19-35-60(54)69)66(65)70(50-23-7-2-8-24-50,51-25-9-3-10-26-51)52-27-11-4-12-28-52/h1-45H. The maximum absolute atomic E-state index is 3.23. The van der Waals surface area contributed by atoms with Crippen LogP contribution in [0, 0.1) is 0 Å². The molecule has 0 saturated carbocycles. The lowest BCUT2D eigenvalue weighted by molar-refractivity contribution is 1.15. The molecule has 0 N–H and O–H groups in total. The van der Waals surface area contributed by atoms with Crippen molar-refractivity contribution < 1.29 is 0 Å². The van der Waals surface area contributed by atoms with E-state index in [4.69, 9.17) is 0 Å². The fourth-order valence-corrected chi connectivity index (χ4v) is 17.0. The maximum Gasteiger partial charge on any atom is 0.182 e. The molecule has 3 nitrogen and oxygen atoms in total. The van der Waals surface area contributed by atoms with E-state index in [9.17, 15) is 0 Å². The number of hydrogen-bond donors (Lipinski definition) is 0. The van der Waals surface area contributed by atoms with Crippen LogP contribution in [0.25, 0.3) is 93.6 Å². The largest absolute Gasteiger partial charge is 0.309 e. The lowest BCUT2D eigenvalue weighted by atomic mass is 10.1. The summed E-state index contributed by atoms with van der Waals surface area (Å²) >= 11 is 0. The van der Waals surface area contributed by atoms with E-state index in [1.54, 1.807) is 0 Å². The molecule has 70 heavy (non-hydrogen) atoms. The Hall–Kier alpha value is -8.96. The van der Waals surface area contributed by atoms with Crippen molar-refractivity contribution in [2.24, 2.45) is 0 Å². The summed E-state index contributed by atoms with van der Waals surface area (Å²) in [5.41, 5.74) is 13.0. The lowest BCUT2D eigenvalue weighted by Gasteiger charge is -2.37. The summed E-state index contributed by atoms with van der Waals surface area (Å²) in [6.07, 6.45) is 0. The molecule has 0 aliphatic rings. The van der Waals surface area contributed by atoms with Crippen molar-refractivity contribution in [3.63, 3.8) is 0 Å². The van der Waals surface area contributed by atoms with Gasteiger partial charge in [-0.1, -0.05) is 212 Å². The SMILES string of the molecule is c1ccc(-c2ccc(-n3c4ccccc4c4ccc(-n5c6ccccc6c6c([Si](c7ccccc7)(c7ccccc7)c7ccccc7)c(-n7c8ccccc8c8ccccc87)ccc65)cc43)cc2)cc1. The highest BCUT2D eigenvalue weighted by molar-refractivity contribution is 7.21. The van der Waals surface area contributed by atoms with Crippen LogP contribution in [0.3, 0.4) is 0 Å². The molecular formula is C66H45N3Si. The molecule has 0 amide bonds. The van der Waals surface area contributed by atoms with Gasteiger partial charge in [0.25, 0.3) is 0 Å². The Labute approximate surface area is 407 Å². The second-order valence-electron chi connectivity index (χ2n) is 18.4. The maximum atomic E-state index is 2.57. The van der Waals surface area contributed by atoms with E-state index in [1.807, 2.05) is 0 Å². The Bertz CT molecular complexity index is 4110. The third kappa shape index (κ3) is 5.94. The predicted octanol–water partition coefficient (Wildman–Crippen LogP) is 14.0. The van der Waals surface area contributed by atoms with E-state index in [0.29, 0.717) is 0 Å². The van der Waals surface area contributed by atoms with Crippen molar-refractivity contribution in [2.45, 2.75) is 0 Å². The number of rotatable bonds is 8. The summed E-state index contributed by atoms with van der Waals surface area (Å²) in [6.45, 7) is 0. The van der Waals surface area contributed by atoms with Crippen molar-refractivity contribution in [1.29, 1.82) is 0 Å². The van der Waals surface area contributed by atoms with Crippen LogP contribution < -0.4 is 20.7 Å². The Morgan fingerprint density at radius 3 is 1.16 bits per heavy atom. The second kappa shape index (κ2) is 16.1. The smallest absolute Gasteiger partial charge is 0.182 e. The van der Waals surface area contributed by atoms with Gasteiger partial charge in [-0.3, -0.25) is 0 Å². The first-order valence-corrected chi connectivity index (χ1v) is 26.2. The molecule has 0 atom stereocenters. The Balaban J connectivity index is 1.13. The van der Waals surface area contributed by atoms with Crippen molar-refractivity contribution in [3.8, 4) is 28.2 Å². The van der Waals surface area contributed by atoms with Crippen molar-refractivity contribution in [3.05, 3.63) is 273 Å². The van der Waals surface area contributed by atoms with Crippen molar-refractivity contribution >= 4 is 94.2 Å². The number of fused-ring (bicyclic) bond motifs is 9.